The Morgan fingerprint density at radius 3 is 2.89 bits per heavy atom. The van der Waals surface area contributed by atoms with Crippen LogP contribution in [-0.4, -0.2) is 38.6 Å². The van der Waals surface area contributed by atoms with Gasteiger partial charge in [-0.2, -0.15) is 5.10 Å². The van der Waals surface area contributed by atoms with Gasteiger partial charge in [-0.05, 0) is 29.8 Å². The number of carbonyl (C=O) groups excluding carboxylic acids is 1. The van der Waals surface area contributed by atoms with Crippen molar-refractivity contribution in [1.29, 1.82) is 0 Å². The molecule has 1 aliphatic rings. The number of carbonyl (C=O) groups is 1. The molecule has 0 atom stereocenters. The largest absolute Gasteiger partial charge is 0.484 e. The van der Waals surface area contributed by atoms with E-state index in [1.54, 1.807) is 0 Å². The first kappa shape index (κ1) is 16.7. The van der Waals surface area contributed by atoms with E-state index in [9.17, 15) is 4.79 Å². The monoisotopic (exact) mass is 372 g/mol. The molecule has 0 bridgehead atoms. The lowest BCUT2D eigenvalue weighted by molar-refractivity contribution is -0.134. The van der Waals surface area contributed by atoms with Gasteiger partial charge in [0.05, 0.1) is 11.4 Å². The maximum absolute atomic E-state index is 12.7. The molecule has 1 aliphatic heterocycles. The van der Waals surface area contributed by atoms with Crippen molar-refractivity contribution in [2.45, 2.75) is 19.9 Å². The molecule has 2 aromatic heterocycles. The minimum absolute atomic E-state index is 0.0180. The average molecular weight is 372 g/mol. The Morgan fingerprint density at radius 1 is 1.14 bits per heavy atom. The lowest BCUT2D eigenvalue weighted by Crippen LogP contribution is -2.39. The Kier molecular flexibility index (Phi) is 3.97. The lowest BCUT2D eigenvalue weighted by atomic mass is 10.1. The van der Waals surface area contributed by atoms with Crippen molar-refractivity contribution in [3.8, 4) is 5.75 Å². The van der Waals surface area contributed by atoms with E-state index in [1.165, 1.54) is 0 Å². The van der Waals surface area contributed by atoms with Crippen molar-refractivity contribution >= 4 is 22.3 Å². The normalized spacial score (nSPS) is 13.7. The highest BCUT2D eigenvalue weighted by molar-refractivity contribution is 5.84. The molecule has 0 saturated carbocycles. The van der Waals surface area contributed by atoms with Crippen LogP contribution in [0, 0.1) is 6.92 Å². The third kappa shape index (κ3) is 2.97. The molecule has 5 rings (SSSR count). The lowest BCUT2D eigenvalue weighted by Gasteiger charge is -2.28. The van der Waals surface area contributed by atoms with Crippen LogP contribution in [0.15, 0.2) is 54.7 Å². The van der Waals surface area contributed by atoms with E-state index in [0.29, 0.717) is 18.8 Å². The molecular weight excluding hydrogens is 352 g/mol. The van der Waals surface area contributed by atoms with Gasteiger partial charge in [0.15, 0.2) is 12.3 Å². The number of ether oxygens (including phenoxy) is 1. The van der Waals surface area contributed by atoms with E-state index in [2.05, 4.69) is 16.1 Å². The Hall–Kier alpha value is -3.41. The highest BCUT2D eigenvalue weighted by Gasteiger charge is 2.23. The number of aryl methyl sites for hydroxylation is 1. The number of hydrogen-bond acceptors (Lipinski definition) is 4. The summed E-state index contributed by atoms with van der Waals surface area (Å²) < 4.78 is 7.67. The van der Waals surface area contributed by atoms with Crippen LogP contribution in [0.5, 0.6) is 5.75 Å². The first-order valence-electron chi connectivity index (χ1n) is 9.40. The molecule has 0 fully saturated rings. The number of fused-ring (bicyclic) bond motifs is 4. The third-order valence-corrected chi connectivity index (χ3v) is 5.21. The van der Waals surface area contributed by atoms with Gasteiger partial charge >= 0.3 is 0 Å². The molecule has 0 unspecified atom stereocenters. The van der Waals surface area contributed by atoms with Crippen molar-refractivity contribution in [2.75, 3.05) is 13.2 Å². The summed E-state index contributed by atoms with van der Waals surface area (Å²) in [5.74, 6) is 0.690. The first-order chi connectivity index (χ1) is 13.7. The van der Waals surface area contributed by atoms with Crippen molar-refractivity contribution in [2.24, 2.45) is 0 Å². The van der Waals surface area contributed by atoms with Crippen LogP contribution < -0.4 is 4.74 Å². The summed E-state index contributed by atoms with van der Waals surface area (Å²) in [7, 11) is 0. The molecule has 3 heterocycles. The molecule has 6 nitrogen and oxygen atoms in total. The molecule has 4 aromatic rings. The SMILES string of the molecule is Cc1cc2ncc3c(n2n1)CCN(C(=O)COc1ccc2ccccc2c1)C3. The van der Waals surface area contributed by atoms with Gasteiger partial charge in [-0.3, -0.25) is 4.79 Å². The van der Waals surface area contributed by atoms with Gasteiger partial charge in [-0.1, -0.05) is 30.3 Å². The van der Waals surface area contributed by atoms with Crippen molar-refractivity contribution in [3.05, 3.63) is 71.7 Å². The topological polar surface area (TPSA) is 59.7 Å². The zero-order chi connectivity index (χ0) is 19.1. The minimum Gasteiger partial charge on any atom is -0.484 e. The summed E-state index contributed by atoms with van der Waals surface area (Å²) in [4.78, 5) is 19.0. The predicted molar refractivity (Wildman–Crippen MR) is 106 cm³/mol. The van der Waals surface area contributed by atoms with Gasteiger partial charge in [0.2, 0.25) is 0 Å². The van der Waals surface area contributed by atoms with Crippen molar-refractivity contribution in [3.63, 3.8) is 0 Å². The number of benzene rings is 2. The van der Waals surface area contributed by atoms with Crippen LogP contribution in [0.3, 0.4) is 0 Å². The Morgan fingerprint density at radius 2 is 2.00 bits per heavy atom. The fourth-order valence-corrected chi connectivity index (χ4v) is 3.76. The van der Waals surface area contributed by atoms with Crippen LogP contribution in [-0.2, 0) is 17.8 Å². The summed E-state index contributed by atoms with van der Waals surface area (Å²) in [6, 6.07) is 15.9. The van der Waals surface area contributed by atoms with Gasteiger partial charge in [0.1, 0.15) is 5.75 Å². The van der Waals surface area contributed by atoms with Crippen molar-refractivity contribution < 1.29 is 9.53 Å². The maximum Gasteiger partial charge on any atom is 0.260 e. The van der Waals surface area contributed by atoms with Crippen LogP contribution in [0.1, 0.15) is 17.0 Å². The number of amides is 1. The molecule has 0 N–H and O–H groups in total. The highest BCUT2D eigenvalue weighted by Crippen LogP contribution is 2.22. The third-order valence-electron chi connectivity index (χ3n) is 5.21. The summed E-state index contributed by atoms with van der Waals surface area (Å²) in [6.45, 7) is 3.19. The molecule has 0 aliphatic carbocycles. The second-order valence-corrected chi connectivity index (χ2v) is 7.15. The predicted octanol–water partition coefficient (Wildman–Crippen LogP) is 3.15. The van der Waals surface area contributed by atoms with Crippen LogP contribution in [0.25, 0.3) is 16.4 Å². The Labute approximate surface area is 162 Å². The Bertz CT molecular complexity index is 1200. The zero-order valence-electron chi connectivity index (χ0n) is 15.6. The van der Waals surface area contributed by atoms with Crippen LogP contribution in [0.4, 0.5) is 0 Å². The highest BCUT2D eigenvalue weighted by atomic mass is 16.5. The quantitative estimate of drug-likeness (QED) is 0.554. The summed E-state index contributed by atoms with van der Waals surface area (Å²) in [5, 5.41) is 6.78. The number of nitrogens with zero attached hydrogens (tertiary/aromatic N) is 4. The van der Waals surface area contributed by atoms with E-state index in [-0.39, 0.29) is 12.5 Å². The maximum atomic E-state index is 12.7. The molecular formula is C22H20N4O2. The fraction of sp³-hybridized carbons (Fsp3) is 0.227. The van der Waals surface area contributed by atoms with E-state index < -0.39 is 0 Å². The van der Waals surface area contributed by atoms with E-state index in [4.69, 9.17) is 4.74 Å². The van der Waals surface area contributed by atoms with E-state index in [0.717, 1.165) is 39.8 Å². The number of hydrogen-bond donors (Lipinski definition) is 0. The Balaban J connectivity index is 1.29. The number of aromatic nitrogens is 3. The molecule has 0 spiro atoms. The molecule has 6 heteroatoms. The zero-order valence-corrected chi connectivity index (χ0v) is 15.6. The average Bonchev–Trinajstić information content (AvgIpc) is 3.12. The molecule has 0 saturated heterocycles. The second-order valence-electron chi connectivity index (χ2n) is 7.15. The standard InChI is InChI=1S/C22H20N4O2/c1-15-10-21-23-12-18-13-25(9-8-20(18)26(21)24-15)22(27)14-28-19-7-6-16-4-2-3-5-17(16)11-19/h2-7,10-12H,8-9,13-14H2,1H3. The van der Waals surface area contributed by atoms with Crippen LogP contribution >= 0.6 is 0 Å². The molecule has 2 aromatic carbocycles. The fourth-order valence-electron chi connectivity index (χ4n) is 3.76. The molecule has 28 heavy (non-hydrogen) atoms. The second kappa shape index (κ2) is 6.64. The van der Waals surface area contributed by atoms with E-state index >= 15 is 0 Å². The van der Waals surface area contributed by atoms with Crippen molar-refractivity contribution in [1.82, 2.24) is 19.5 Å². The minimum atomic E-state index is -0.0180. The summed E-state index contributed by atoms with van der Waals surface area (Å²) in [5.41, 5.74) is 3.98. The molecule has 0 radical (unpaired) electrons. The summed E-state index contributed by atoms with van der Waals surface area (Å²) in [6.07, 6.45) is 2.62. The van der Waals surface area contributed by atoms with E-state index in [1.807, 2.05) is 65.0 Å². The summed E-state index contributed by atoms with van der Waals surface area (Å²) >= 11 is 0. The van der Waals surface area contributed by atoms with Crippen LogP contribution in [0.2, 0.25) is 0 Å². The van der Waals surface area contributed by atoms with Gasteiger partial charge in [0.25, 0.3) is 5.91 Å². The molecule has 1 amide bonds. The number of rotatable bonds is 3. The molecule has 140 valence electrons. The van der Waals surface area contributed by atoms with Gasteiger partial charge in [-0.25, -0.2) is 9.50 Å². The van der Waals surface area contributed by atoms with Gasteiger partial charge < -0.3 is 9.64 Å². The van der Waals surface area contributed by atoms with Gasteiger partial charge in [-0.15, -0.1) is 0 Å². The smallest absolute Gasteiger partial charge is 0.260 e. The van der Waals surface area contributed by atoms with Gasteiger partial charge in [0, 0.05) is 37.3 Å². The first-order valence-corrected chi connectivity index (χ1v) is 9.40.